The third kappa shape index (κ3) is 6.59. The summed E-state index contributed by atoms with van der Waals surface area (Å²) < 4.78 is 0. The van der Waals surface area contributed by atoms with Gasteiger partial charge in [-0.25, -0.2) is 0 Å². The molecule has 0 aliphatic carbocycles. The minimum Gasteiger partial charge on any atom is -0.322 e. The summed E-state index contributed by atoms with van der Waals surface area (Å²) in [5.41, 5.74) is 2.90. The van der Waals surface area contributed by atoms with Crippen LogP contribution in [-0.4, -0.2) is 35.0 Å². The first-order valence-electron chi connectivity index (χ1n) is 11.0. The molecule has 0 bridgehead atoms. The molecule has 34 heavy (non-hydrogen) atoms. The van der Waals surface area contributed by atoms with Crippen molar-refractivity contribution in [1.82, 2.24) is 4.90 Å². The number of carbonyl (C=O) groups is 2. The third-order valence-electron chi connectivity index (χ3n) is 5.20. The average Bonchev–Trinajstić information content (AvgIpc) is 3.13. The van der Waals surface area contributed by atoms with Crippen LogP contribution in [0.25, 0.3) is 0 Å². The predicted molar refractivity (Wildman–Crippen MR) is 140 cm³/mol. The molecule has 1 N–H and O–H groups in total. The van der Waals surface area contributed by atoms with Gasteiger partial charge in [0, 0.05) is 29.9 Å². The Labute approximate surface area is 208 Å². The van der Waals surface area contributed by atoms with Gasteiger partial charge in [-0.05, 0) is 53.9 Å². The van der Waals surface area contributed by atoms with E-state index >= 15 is 0 Å². The smallest absolute Gasteiger partial charge is 0.266 e. The Balaban J connectivity index is 1.48. The molecule has 3 aromatic carbocycles. The molecule has 5 nitrogen and oxygen atoms in total. The zero-order chi connectivity index (χ0) is 23.8. The van der Waals surface area contributed by atoms with Crippen LogP contribution in [0.1, 0.15) is 11.1 Å². The van der Waals surface area contributed by atoms with E-state index in [1.54, 1.807) is 29.2 Å². The first-order chi connectivity index (χ1) is 16.6. The summed E-state index contributed by atoms with van der Waals surface area (Å²) in [7, 11) is 0. The number of benzene rings is 3. The number of amidine groups is 1. The minimum absolute atomic E-state index is 0.208. The highest BCUT2D eigenvalue weighted by Crippen LogP contribution is 2.31. The highest BCUT2D eigenvalue weighted by atomic mass is 35.5. The van der Waals surface area contributed by atoms with Gasteiger partial charge in [-0.15, -0.1) is 0 Å². The molecule has 1 aliphatic heterocycles. The monoisotopic (exact) mass is 489 g/mol. The summed E-state index contributed by atoms with van der Waals surface area (Å²) in [6, 6.07) is 27.0. The van der Waals surface area contributed by atoms with Crippen molar-refractivity contribution < 1.29 is 9.59 Å². The Morgan fingerprint density at radius 3 is 2.29 bits per heavy atom. The lowest BCUT2D eigenvalue weighted by Crippen LogP contribution is -2.31. The van der Waals surface area contributed by atoms with Crippen LogP contribution in [0.5, 0.6) is 0 Å². The first-order valence-corrected chi connectivity index (χ1v) is 12.2. The molecule has 7 heteroatoms. The number of rotatable bonds is 8. The Morgan fingerprint density at radius 1 is 0.941 bits per heavy atom. The molecule has 3 aromatic rings. The van der Waals surface area contributed by atoms with Gasteiger partial charge in [-0.3, -0.25) is 19.5 Å². The van der Waals surface area contributed by atoms with E-state index in [9.17, 15) is 9.59 Å². The normalized spacial score (nSPS) is 15.8. The lowest BCUT2D eigenvalue weighted by atomic mass is 10.1. The molecule has 172 valence electrons. The van der Waals surface area contributed by atoms with Crippen LogP contribution in [0.2, 0.25) is 5.02 Å². The number of thioether (sulfide) groups is 1. The molecule has 0 unspecified atom stereocenters. The van der Waals surface area contributed by atoms with Gasteiger partial charge in [0.05, 0.1) is 4.91 Å². The molecule has 0 atom stereocenters. The molecule has 1 fully saturated rings. The van der Waals surface area contributed by atoms with E-state index in [1.165, 1.54) is 23.4 Å². The summed E-state index contributed by atoms with van der Waals surface area (Å²) >= 11 is 7.23. The molecule has 1 heterocycles. The number of hydrogen-bond donors (Lipinski definition) is 1. The molecule has 0 saturated carbocycles. The summed E-state index contributed by atoms with van der Waals surface area (Å²) in [4.78, 5) is 32.5. The molecule has 4 rings (SSSR count). The summed E-state index contributed by atoms with van der Waals surface area (Å²) in [6.45, 7) is 1.05. The van der Waals surface area contributed by atoms with Crippen LogP contribution in [0.15, 0.2) is 101 Å². The third-order valence-corrected chi connectivity index (χ3v) is 6.48. The number of nitrogens with one attached hydrogen (secondary N) is 1. The first kappa shape index (κ1) is 23.8. The SMILES string of the molecule is O=C(/C=C1/SC(=NCCc2ccccc2)N(CCc2ccccc2)C1=O)Nc1cccc(Cl)c1. The van der Waals surface area contributed by atoms with E-state index in [2.05, 4.69) is 17.4 Å². The number of amides is 2. The lowest BCUT2D eigenvalue weighted by Gasteiger charge is -2.15. The Bertz CT molecular complexity index is 1210. The van der Waals surface area contributed by atoms with Crippen LogP contribution in [-0.2, 0) is 22.4 Å². The van der Waals surface area contributed by atoms with E-state index in [1.807, 2.05) is 48.5 Å². The van der Waals surface area contributed by atoms with Gasteiger partial charge in [-0.2, -0.15) is 0 Å². The molecule has 2 amide bonds. The van der Waals surface area contributed by atoms with Crippen molar-refractivity contribution in [1.29, 1.82) is 0 Å². The largest absolute Gasteiger partial charge is 0.322 e. The van der Waals surface area contributed by atoms with Gasteiger partial charge in [0.15, 0.2) is 5.17 Å². The van der Waals surface area contributed by atoms with E-state index in [0.29, 0.717) is 40.3 Å². The highest BCUT2D eigenvalue weighted by Gasteiger charge is 2.33. The average molecular weight is 490 g/mol. The molecule has 1 aliphatic rings. The van der Waals surface area contributed by atoms with E-state index in [0.717, 1.165) is 12.0 Å². The number of anilines is 1. The van der Waals surface area contributed by atoms with Gasteiger partial charge >= 0.3 is 0 Å². The van der Waals surface area contributed by atoms with Crippen molar-refractivity contribution in [3.8, 4) is 0 Å². The molecule has 0 aromatic heterocycles. The molecular formula is C27H24ClN3O2S. The molecule has 1 saturated heterocycles. The fourth-order valence-electron chi connectivity index (χ4n) is 3.50. The maximum Gasteiger partial charge on any atom is 0.266 e. The van der Waals surface area contributed by atoms with Crippen LogP contribution in [0.3, 0.4) is 0 Å². The lowest BCUT2D eigenvalue weighted by molar-refractivity contribution is -0.122. The van der Waals surface area contributed by atoms with Crippen molar-refractivity contribution in [2.75, 3.05) is 18.4 Å². The Morgan fingerprint density at radius 2 is 1.62 bits per heavy atom. The number of halogens is 1. The minimum atomic E-state index is -0.383. The zero-order valence-corrected chi connectivity index (χ0v) is 20.1. The summed E-state index contributed by atoms with van der Waals surface area (Å²) in [5, 5.41) is 3.91. The zero-order valence-electron chi connectivity index (χ0n) is 18.5. The van der Waals surface area contributed by atoms with Gasteiger partial charge < -0.3 is 5.32 Å². The number of aliphatic imine (C=N–C) groups is 1. The van der Waals surface area contributed by atoms with Crippen molar-refractivity contribution >= 4 is 46.0 Å². The van der Waals surface area contributed by atoms with Gasteiger partial charge in [0.1, 0.15) is 0 Å². The fraction of sp³-hybridized carbons (Fsp3) is 0.148. The number of carbonyl (C=O) groups excluding carboxylic acids is 2. The van der Waals surface area contributed by atoms with Gasteiger partial charge in [-0.1, -0.05) is 78.3 Å². The van der Waals surface area contributed by atoms with Gasteiger partial charge in [0.2, 0.25) is 5.91 Å². The summed E-state index contributed by atoms with van der Waals surface area (Å²) in [6.07, 6.45) is 2.82. The Hall–Kier alpha value is -3.35. The maximum atomic E-state index is 13.2. The van der Waals surface area contributed by atoms with Crippen molar-refractivity contribution in [2.45, 2.75) is 12.8 Å². The quantitative estimate of drug-likeness (QED) is 0.420. The number of hydrogen-bond acceptors (Lipinski definition) is 4. The number of nitrogens with zero attached hydrogens (tertiary/aromatic N) is 2. The standard InChI is InChI=1S/C27H24ClN3O2S/c28-22-12-7-13-23(18-22)30-25(32)19-24-26(33)31(17-15-21-10-5-2-6-11-21)27(34-24)29-16-14-20-8-3-1-4-9-20/h1-13,18-19H,14-17H2,(H,30,32)/b24-19+,29-27?. The maximum absolute atomic E-state index is 13.2. The second-order valence-electron chi connectivity index (χ2n) is 7.70. The highest BCUT2D eigenvalue weighted by molar-refractivity contribution is 8.18. The van der Waals surface area contributed by atoms with Gasteiger partial charge in [0.25, 0.3) is 5.91 Å². The van der Waals surface area contributed by atoms with E-state index < -0.39 is 0 Å². The predicted octanol–water partition coefficient (Wildman–Crippen LogP) is 5.58. The van der Waals surface area contributed by atoms with Crippen molar-refractivity contribution in [3.63, 3.8) is 0 Å². The second kappa shape index (κ2) is 11.7. The topological polar surface area (TPSA) is 61.8 Å². The van der Waals surface area contributed by atoms with E-state index in [4.69, 9.17) is 16.6 Å². The van der Waals surface area contributed by atoms with Crippen LogP contribution in [0, 0.1) is 0 Å². The molecule has 0 spiro atoms. The fourth-order valence-corrected chi connectivity index (χ4v) is 4.69. The van der Waals surface area contributed by atoms with Crippen molar-refractivity contribution in [2.24, 2.45) is 4.99 Å². The van der Waals surface area contributed by atoms with Crippen LogP contribution < -0.4 is 5.32 Å². The molecule has 0 radical (unpaired) electrons. The second-order valence-corrected chi connectivity index (χ2v) is 9.15. The van der Waals surface area contributed by atoms with E-state index in [-0.39, 0.29) is 11.8 Å². The van der Waals surface area contributed by atoms with Crippen LogP contribution >= 0.6 is 23.4 Å². The summed E-state index contributed by atoms with van der Waals surface area (Å²) in [5.74, 6) is -0.590. The van der Waals surface area contributed by atoms with Crippen LogP contribution in [0.4, 0.5) is 5.69 Å². The Kier molecular flexibility index (Phi) is 8.17. The molecular weight excluding hydrogens is 466 g/mol. The van der Waals surface area contributed by atoms with Crippen molar-refractivity contribution in [3.05, 3.63) is 112 Å².